The van der Waals surface area contributed by atoms with Crippen LogP contribution in [0.2, 0.25) is 0 Å². The number of amides is 2. The average molecular weight is 567 g/mol. The quantitative estimate of drug-likeness (QED) is 0.212. The molecule has 43 heavy (non-hydrogen) atoms. The Labute approximate surface area is 251 Å². The number of aryl methyl sites for hydroxylation is 1. The van der Waals surface area contributed by atoms with Crippen molar-refractivity contribution >= 4 is 28.3 Å². The first-order valence-corrected chi connectivity index (χ1v) is 14.4. The number of urea groups is 1. The standard InChI is InChI=1S/C36H34N6O/c1-24-11-15-28(16-12-24)42-34(21-33(41-42)36(2,3)4)40-35(43)39-32-18-17-29(30-9-5-6-10-31(30)32)26-13-14-27(38-23-26)20-25-8-7-19-37-22-25/h5-19,21-23H,20H2,1-4H3,(H2,39,40,43). The van der Waals surface area contributed by atoms with Crippen LogP contribution in [0, 0.1) is 6.92 Å². The van der Waals surface area contributed by atoms with Crippen LogP contribution in [-0.4, -0.2) is 25.8 Å². The molecule has 0 bridgehead atoms. The van der Waals surface area contributed by atoms with Crippen LogP contribution in [0.5, 0.6) is 0 Å². The van der Waals surface area contributed by atoms with E-state index in [1.807, 2.05) is 86.0 Å². The zero-order valence-corrected chi connectivity index (χ0v) is 24.8. The number of pyridine rings is 2. The van der Waals surface area contributed by atoms with Gasteiger partial charge < -0.3 is 5.32 Å². The number of fused-ring (bicyclic) bond motifs is 1. The highest BCUT2D eigenvalue weighted by molar-refractivity contribution is 6.09. The summed E-state index contributed by atoms with van der Waals surface area (Å²) in [6.07, 6.45) is 6.28. The second-order valence-corrected chi connectivity index (χ2v) is 11.8. The second-order valence-electron chi connectivity index (χ2n) is 11.8. The van der Waals surface area contributed by atoms with E-state index < -0.39 is 0 Å². The van der Waals surface area contributed by atoms with Gasteiger partial charge in [-0.1, -0.05) is 80.9 Å². The average Bonchev–Trinajstić information content (AvgIpc) is 3.43. The maximum atomic E-state index is 13.4. The molecule has 0 aliphatic heterocycles. The van der Waals surface area contributed by atoms with E-state index in [1.54, 1.807) is 10.9 Å². The van der Waals surface area contributed by atoms with Crippen molar-refractivity contribution in [1.82, 2.24) is 19.7 Å². The maximum absolute atomic E-state index is 13.4. The summed E-state index contributed by atoms with van der Waals surface area (Å²) >= 11 is 0. The first kappa shape index (κ1) is 27.8. The van der Waals surface area contributed by atoms with Crippen molar-refractivity contribution in [3.05, 3.63) is 132 Å². The topological polar surface area (TPSA) is 84.7 Å². The summed E-state index contributed by atoms with van der Waals surface area (Å²) in [5.41, 5.74) is 7.63. The van der Waals surface area contributed by atoms with E-state index in [9.17, 15) is 4.79 Å². The largest absolute Gasteiger partial charge is 0.324 e. The molecule has 7 heteroatoms. The van der Waals surface area contributed by atoms with Gasteiger partial charge >= 0.3 is 6.03 Å². The van der Waals surface area contributed by atoms with Gasteiger partial charge in [0.25, 0.3) is 0 Å². The molecule has 0 unspecified atom stereocenters. The monoisotopic (exact) mass is 566 g/mol. The zero-order valence-electron chi connectivity index (χ0n) is 24.8. The Morgan fingerprint density at radius 3 is 2.33 bits per heavy atom. The number of aromatic nitrogens is 4. The molecule has 0 atom stereocenters. The fourth-order valence-corrected chi connectivity index (χ4v) is 5.05. The molecule has 3 aromatic heterocycles. The molecule has 6 rings (SSSR count). The minimum absolute atomic E-state index is 0.180. The Morgan fingerprint density at radius 2 is 1.63 bits per heavy atom. The Balaban J connectivity index is 1.26. The Hall–Kier alpha value is -5.30. The summed E-state index contributed by atoms with van der Waals surface area (Å²) in [6.45, 7) is 8.37. The molecule has 6 aromatic rings. The minimum Gasteiger partial charge on any atom is -0.307 e. The zero-order chi connectivity index (χ0) is 30.0. The molecule has 2 amide bonds. The number of benzene rings is 3. The summed E-state index contributed by atoms with van der Waals surface area (Å²) in [5, 5.41) is 12.9. The van der Waals surface area contributed by atoms with Gasteiger partial charge in [-0.25, -0.2) is 9.48 Å². The predicted molar refractivity (Wildman–Crippen MR) is 174 cm³/mol. The third-order valence-corrected chi connectivity index (χ3v) is 7.41. The number of carbonyl (C=O) groups is 1. The van der Waals surface area contributed by atoms with E-state index in [4.69, 9.17) is 10.1 Å². The highest BCUT2D eigenvalue weighted by Crippen LogP contribution is 2.33. The lowest BCUT2D eigenvalue weighted by atomic mass is 9.92. The number of hydrogen-bond donors (Lipinski definition) is 2. The van der Waals surface area contributed by atoms with Crippen LogP contribution in [-0.2, 0) is 11.8 Å². The molecule has 3 heterocycles. The highest BCUT2D eigenvalue weighted by atomic mass is 16.2. The van der Waals surface area contributed by atoms with E-state index in [2.05, 4.69) is 60.7 Å². The van der Waals surface area contributed by atoms with Gasteiger partial charge in [0, 0.05) is 53.1 Å². The van der Waals surface area contributed by atoms with Gasteiger partial charge in [-0.2, -0.15) is 5.10 Å². The van der Waals surface area contributed by atoms with Crippen LogP contribution in [0.4, 0.5) is 16.3 Å². The predicted octanol–water partition coefficient (Wildman–Crippen LogP) is 8.32. The molecular formula is C36H34N6O. The summed E-state index contributed by atoms with van der Waals surface area (Å²) in [7, 11) is 0. The SMILES string of the molecule is Cc1ccc(-n2nc(C(C)(C)C)cc2NC(=O)Nc2ccc(-c3ccc(Cc4cccnc4)nc3)c3ccccc23)cc1. The molecule has 0 aliphatic carbocycles. The van der Waals surface area contributed by atoms with Gasteiger partial charge in [0.1, 0.15) is 5.82 Å². The Bertz CT molecular complexity index is 1890. The van der Waals surface area contributed by atoms with Crippen LogP contribution < -0.4 is 10.6 Å². The lowest BCUT2D eigenvalue weighted by molar-refractivity contribution is 0.262. The number of nitrogens with zero attached hydrogens (tertiary/aromatic N) is 4. The molecule has 0 saturated carbocycles. The molecule has 0 fully saturated rings. The van der Waals surface area contributed by atoms with E-state index in [1.165, 1.54) is 0 Å². The van der Waals surface area contributed by atoms with Crippen molar-refractivity contribution in [3.63, 3.8) is 0 Å². The van der Waals surface area contributed by atoms with E-state index in [0.29, 0.717) is 5.82 Å². The summed E-state index contributed by atoms with van der Waals surface area (Å²) in [5.74, 6) is 0.602. The van der Waals surface area contributed by atoms with Gasteiger partial charge in [-0.3, -0.25) is 15.3 Å². The fourth-order valence-electron chi connectivity index (χ4n) is 5.05. The van der Waals surface area contributed by atoms with Gasteiger partial charge in [0.05, 0.1) is 17.1 Å². The smallest absolute Gasteiger partial charge is 0.307 e. The summed E-state index contributed by atoms with van der Waals surface area (Å²) < 4.78 is 1.78. The number of nitrogens with one attached hydrogen (secondary N) is 2. The van der Waals surface area contributed by atoms with Crippen molar-refractivity contribution in [1.29, 1.82) is 0 Å². The first-order chi connectivity index (χ1) is 20.7. The second kappa shape index (κ2) is 11.5. The molecule has 0 saturated heterocycles. The molecule has 0 radical (unpaired) electrons. The molecule has 2 N–H and O–H groups in total. The van der Waals surface area contributed by atoms with Gasteiger partial charge in [-0.05, 0) is 53.8 Å². The minimum atomic E-state index is -0.340. The normalized spacial score (nSPS) is 11.4. The van der Waals surface area contributed by atoms with Crippen LogP contribution in [0.15, 0.2) is 110 Å². The van der Waals surface area contributed by atoms with Crippen LogP contribution in [0.25, 0.3) is 27.6 Å². The number of hydrogen-bond acceptors (Lipinski definition) is 4. The Kier molecular flexibility index (Phi) is 7.47. The van der Waals surface area contributed by atoms with Gasteiger partial charge in [0.2, 0.25) is 0 Å². The van der Waals surface area contributed by atoms with Gasteiger partial charge in [-0.15, -0.1) is 0 Å². The number of rotatable bonds is 6. The maximum Gasteiger partial charge on any atom is 0.324 e. The molecule has 0 aliphatic rings. The first-order valence-electron chi connectivity index (χ1n) is 14.4. The molecule has 214 valence electrons. The van der Waals surface area contributed by atoms with Crippen molar-refractivity contribution in [3.8, 4) is 16.8 Å². The van der Waals surface area contributed by atoms with Crippen LogP contribution in [0.1, 0.15) is 43.3 Å². The lowest BCUT2D eigenvalue weighted by Crippen LogP contribution is -2.21. The highest BCUT2D eigenvalue weighted by Gasteiger charge is 2.22. The Morgan fingerprint density at radius 1 is 0.837 bits per heavy atom. The third-order valence-electron chi connectivity index (χ3n) is 7.41. The fraction of sp³-hybridized carbons (Fsp3) is 0.167. The third kappa shape index (κ3) is 6.16. The molecular weight excluding hydrogens is 532 g/mol. The van der Waals surface area contributed by atoms with Gasteiger partial charge in [0.15, 0.2) is 0 Å². The molecule has 0 spiro atoms. The molecule has 3 aromatic carbocycles. The molecule has 7 nitrogen and oxygen atoms in total. The number of anilines is 2. The van der Waals surface area contributed by atoms with Crippen LogP contribution in [0.3, 0.4) is 0 Å². The summed E-state index contributed by atoms with van der Waals surface area (Å²) in [6, 6.07) is 29.9. The van der Waals surface area contributed by atoms with E-state index >= 15 is 0 Å². The number of carbonyl (C=O) groups excluding carboxylic acids is 1. The van der Waals surface area contributed by atoms with E-state index in [0.717, 1.165) is 62.2 Å². The summed E-state index contributed by atoms with van der Waals surface area (Å²) in [4.78, 5) is 22.3. The van der Waals surface area contributed by atoms with Crippen molar-refractivity contribution in [2.45, 2.75) is 39.5 Å². The van der Waals surface area contributed by atoms with Crippen molar-refractivity contribution in [2.75, 3.05) is 10.6 Å². The van der Waals surface area contributed by atoms with E-state index in [-0.39, 0.29) is 11.4 Å². The van der Waals surface area contributed by atoms with Crippen molar-refractivity contribution in [2.24, 2.45) is 0 Å². The van der Waals surface area contributed by atoms with Crippen LogP contribution >= 0.6 is 0 Å². The lowest BCUT2D eigenvalue weighted by Gasteiger charge is -2.14. The van der Waals surface area contributed by atoms with Crippen molar-refractivity contribution < 1.29 is 4.79 Å².